The highest BCUT2D eigenvalue weighted by atomic mass is 16.7. The van der Waals surface area contributed by atoms with Crippen molar-refractivity contribution in [2.45, 2.75) is 46.5 Å². The molecule has 1 rings (SSSR count). The normalized spacial score (nSPS) is 11.9. The number of hydrogen-bond acceptors (Lipinski definition) is 3. The maximum absolute atomic E-state index is 11.5. The number of benzene rings is 1. The van der Waals surface area contributed by atoms with Crippen molar-refractivity contribution in [2.24, 2.45) is 5.92 Å². The fourth-order valence-corrected chi connectivity index (χ4v) is 1.77. The van der Waals surface area contributed by atoms with Gasteiger partial charge in [-0.2, -0.15) is 0 Å². The molecule has 0 spiro atoms. The van der Waals surface area contributed by atoms with Crippen LogP contribution >= 0.6 is 0 Å². The van der Waals surface area contributed by atoms with Gasteiger partial charge in [0.1, 0.15) is 5.75 Å². The Labute approximate surface area is 115 Å². The molecule has 106 valence electrons. The molecule has 0 N–H and O–H groups in total. The molecule has 0 aliphatic rings. The van der Waals surface area contributed by atoms with E-state index in [1.54, 1.807) is 12.1 Å². The van der Waals surface area contributed by atoms with Gasteiger partial charge >= 0.3 is 6.16 Å². The van der Waals surface area contributed by atoms with Crippen LogP contribution in [0.3, 0.4) is 0 Å². The largest absolute Gasteiger partial charge is 0.513 e. The van der Waals surface area contributed by atoms with Gasteiger partial charge in [0.05, 0.1) is 6.61 Å². The molecular weight excluding hydrogens is 240 g/mol. The molecule has 0 amide bonds. The molecule has 1 aromatic rings. The highest BCUT2D eigenvalue weighted by molar-refractivity contribution is 5.63. The van der Waals surface area contributed by atoms with Gasteiger partial charge in [0, 0.05) is 0 Å². The number of carbonyl (C=O) groups is 1. The lowest BCUT2D eigenvalue weighted by atomic mass is 10.0. The van der Waals surface area contributed by atoms with Crippen molar-refractivity contribution in [3.8, 4) is 5.75 Å². The number of hydrogen-bond donors (Lipinski definition) is 0. The zero-order valence-corrected chi connectivity index (χ0v) is 12.1. The van der Waals surface area contributed by atoms with E-state index in [1.165, 1.54) is 19.3 Å². The van der Waals surface area contributed by atoms with E-state index in [1.807, 2.05) is 19.1 Å². The van der Waals surface area contributed by atoms with Crippen LogP contribution in [0.2, 0.25) is 0 Å². The van der Waals surface area contributed by atoms with Gasteiger partial charge in [-0.3, -0.25) is 0 Å². The van der Waals surface area contributed by atoms with Crippen LogP contribution in [0.5, 0.6) is 5.75 Å². The Morgan fingerprint density at radius 1 is 1.21 bits per heavy atom. The Hall–Kier alpha value is -1.51. The molecule has 0 aromatic heterocycles. The van der Waals surface area contributed by atoms with E-state index in [-0.39, 0.29) is 0 Å². The predicted octanol–water partition coefficient (Wildman–Crippen LogP) is 4.73. The number of ether oxygens (including phenoxy) is 2. The van der Waals surface area contributed by atoms with Gasteiger partial charge in [0.25, 0.3) is 0 Å². The minimum atomic E-state index is -0.619. The third kappa shape index (κ3) is 6.85. The summed E-state index contributed by atoms with van der Waals surface area (Å²) in [5.41, 5.74) is 1.13. The van der Waals surface area contributed by atoms with Gasteiger partial charge in [-0.1, -0.05) is 50.8 Å². The summed E-state index contributed by atoms with van der Waals surface area (Å²) < 4.78 is 10.2. The van der Waals surface area contributed by atoms with E-state index < -0.39 is 6.16 Å². The Morgan fingerprint density at radius 2 is 1.89 bits per heavy atom. The van der Waals surface area contributed by atoms with Crippen LogP contribution in [0.25, 0.3) is 0 Å². The first-order valence-corrected chi connectivity index (χ1v) is 7.03. The summed E-state index contributed by atoms with van der Waals surface area (Å²) >= 11 is 0. The van der Waals surface area contributed by atoms with Gasteiger partial charge in [-0.05, 0) is 31.4 Å². The fourth-order valence-electron chi connectivity index (χ4n) is 1.77. The van der Waals surface area contributed by atoms with Crippen LogP contribution < -0.4 is 4.74 Å². The first kappa shape index (κ1) is 15.5. The third-order valence-corrected chi connectivity index (χ3v) is 3.01. The minimum Gasteiger partial charge on any atom is -0.434 e. The molecule has 0 aliphatic heterocycles. The molecule has 0 aliphatic carbocycles. The average molecular weight is 264 g/mol. The molecule has 1 unspecified atom stereocenters. The molecule has 3 nitrogen and oxygen atoms in total. The molecule has 0 fully saturated rings. The smallest absolute Gasteiger partial charge is 0.434 e. The lowest BCUT2D eigenvalue weighted by Crippen LogP contribution is -2.15. The summed E-state index contributed by atoms with van der Waals surface area (Å²) in [6.45, 7) is 6.68. The Balaban J connectivity index is 2.22. The van der Waals surface area contributed by atoms with Crippen molar-refractivity contribution in [1.29, 1.82) is 0 Å². The van der Waals surface area contributed by atoms with E-state index >= 15 is 0 Å². The zero-order valence-electron chi connectivity index (χ0n) is 12.1. The van der Waals surface area contributed by atoms with E-state index in [9.17, 15) is 4.79 Å². The number of aryl methyl sites for hydroxylation is 1. The van der Waals surface area contributed by atoms with Gasteiger partial charge in [0.2, 0.25) is 0 Å². The van der Waals surface area contributed by atoms with Gasteiger partial charge < -0.3 is 9.47 Å². The van der Waals surface area contributed by atoms with Crippen molar-refractivity contribution in [2.75, 3.05) is 6.61 Å². The Kier molecular flexibility index (Phi) is 7.01. The molecule has 0 saturated carbocycles. The zero-order chi connectivity index (χ0) is 14.1. The van der Waals surface area contributed by atoms with Crippen molar-refractivity contribution < 1.29 is 14.3 Å². The lowest BCUT2D eigenvalue weighted by Gasteiger charge is -2.11. The summed E-state index contributed by atoms with van der Waals surface area (Å²) in [6, 6.07) is 7.33. The molecule has 0 saturated heterocycles. The highest BCUT2D eigenvalue weighted by Crippen LogP contribution is 2.13. The summed E-state index contributed by atoms with van der Waals surface area (Å²) in [5.74, 6) is 0.909. The SMILES string of the molecule is CCCCCC(C)COC(=O)Oc1ccc(C)cc1. The van der Waals surface area contributed by atoms with E-state index in [4.69, 9.17) is 9.47 Å². The molecule has 19 heavy (non-hydrogen) atoms. The van der Waals surface area contributed by atoms with Crippen LogP contribution in [0.4, 0.5) is 4.79 Å². The molecule has 0 heterocycles. The van der Waals surface area contributed by atoms with Crippen molar-refractivity contribution in [1.82, 2.24) is 0 Å². The Bertz CT molecular complexity index is 370. The van der Waals surface area contributed by atoms with Crippen LogP contribution in [-0.2, 0) is 4.74 Å². The second-order valence-corrected chi connectivity index (χ2v) is 5.08. The maximum Gasteiger partial charge on any atom is 0.513 e. The monoisotopic (exact) mass is 264 g/mol. The standard InChI is InChI=1S/C16H24O3/c1-4-5-6-7-14(3)12-18-16(17)19-15-10-8-13(2)9-11-15/h8-11,14H,4-7,12H2,1-3H3. The molecule has 0 bridgehead atoms. The number of rotatable bonds is 7. The number of unbranched alkanes of at least 4 members (excludes halogenated alkanes) is 2. The third-order valence-electron chi connectivity index (χ3n) is 3.01. The first-order valence-electron chi connectivity index (χ1n) is 7.03. The van der Waals surface area contributed by atoms with Gasteiger partial charge in [-0.25, -0.2) is 4.79 Å². The molecular formula is C16H24O3. The van der Waals surface area contributed by atoms with Crippen molar-refractivity contribution in [3.63, 3.8) is 0 Å². The second kappa shape index (κ2) is 8.57. The topological polar surface area (TPSA) is 35.5 Å². The van der Waals surface area contributed by atoms with Crippen LogP contribution in [0.15, 0.2) is 24.3 Å². The molecule has 1 atom stereocenters. The maximum atomic E-state index is 11.5. The van der Waals surface area contributed by atoms with Crippen LogP contribution in [-0.4, -0.2) is 12.8 Å². The average Bonchev–Trinajstić information content (AvgIpc) is 2.39. The minimum absolute atomic E-state index is 0.386. The Morgan fingerprint density at radius 3 is 2.53 bits per heavy atom. The van der Waals surface area contributed by atoms with E-state index in [2.05, 4.69) is 13.8 Å². The van der Waals surface area contributed by atoms with Gasteiger partial charge in [0.15, 0.2) is 0 Å². The fraction of sp³-hybridized carbons (Fsp3) is 0.562. The van der Waals surface area contributed by atoms with Crippen LogP contribution in [0, 0.1) is 12.8 Å². The van der Waals surface area contributed by atoms with E-state index in [0.717, 1.165) is 12.0 Å². The molecule has 0 radical (unpaired) electrons. The predicted molar refractivity (Wildman–Crippen MR) is 76.5 cm³/mol. The van der Waals surface area contributed by atoms with Crippen LogP contribution in [0.1, 0.15) is 45.1 Å². The van der Waals surface area contributed by atoms with Crippen molar-refractivity contribution in [3.05, 3.63) is 29.8 Å². The second-order valence-electron chi connectivity index (χ2n) is 5.08. The summed E-state index contributed by atoms with van der Waals surface area (Å²) in [4.78, 5) is 11.5. The van der Waals surface area contributed by atoms with E-state index in [0.29, 0.717) is 18.3 Å². The molecule has 1 aromatic carbocycles. The highest BCUT2D eigenvalue weighted by Gasteiger charge is 2.09. The van der Waals surface area contributed by atoms with Crippen molar-refractivity contribution >= 4 is 6.16 Å². The quantitative estimate of drug-likeness (QED) is 0.406. The summed E-state index contributed by atoms with van der Waals surface area (Å²) in [5, 5.41) is 0. The first-order chi connectivity index (χ1) is 9.11. The lowest BCUT2D eigenvalue weighted by molar-refractivity contribution is 0.0846. The summed E-state index contributed by atoms with van der Waals surface area (Å²) in [6.07, 6.45) is 4.10. The number of carbonyl (C=O) groups excluding carboxylic acids is 1. The molecule has 3 heteroatoms. The van der Waals surface area contributed by atoms with Gasteiger partial charge in [-0.15, -0.1) is 0 Å². The summed E-state index contributed by atoms with van der Waals surface area (Å²) in [7, 11) is 0.